The van der Waals surface area contributed by atoms with Gasteiger partial charge in [-0.3, -0.25) is 4.90 Å². The zero-order valence-electron chi connectivity index (χ0n) is 10.1. The minimum Gasteiger partial charge on any atom is -0.312 e. The van der Waals surface area contributed by atoms with Crippen LogP contribution in [0, 0.1) is 11.3 Å². The Morgan fingerprint density at radius 2 is 2.25 bits per heavy atom. The number of nitriles is 1. The molecule has 0 amide bonds. The molecule has 1 aromatic rings. The lowest BCUT2D eigenvalue weighted by Gasteiger charge is -2.34. The van der Waals surface area contributed by atoms with Crippen LogP contribution in [-0.4, -0.2) is 23.1 Å². The minimum atomic E-state index is 0.375. The Morgan fingerprint density at radius 3 is 2.81 bits per heavy atom. The lowest BCUT2D eigenvalue weighted by molar-refractivity contribution is 0.226. The summed E-state index contributed by atoms with van der Waals surface area (Å²) in [5, 5.41) is 9.10. The third-order valence-electron chi connectivity index (χ3n) is 3.54. The van der Waals surface area contributed by atoms with E-state index in [9.17, 15) is 0 Å². The van der Waals surface area contributed by atoms with E-state index in [0.29, 0.717) is 17.7 Å². The fourth-order valence-electron chi connectivity index (χ4n) is 2.61. The molecule has 0 spiro atoms. The van der Waals surface area contributed by atoms with Crippen molar-refractivity contribution in [2.75, 3.05) is 13.6 Å². The van der Waals surface area contributed by atoms with Crippen LogP contribution in [0.2, 0.25) is 0 Å². The van der Waals surface area contributed by atoms with E-state index in [0.717, 1.165) is 6.54 Å². The molecule has 0 aromatic carbocycles. The van der Waals surface area contributed by atoms with Gasteiger partial charge in [0.25, 0.3) is 0 Å². The monoisotopic (exact) mass is 215 g/mol. The van der Waals surface area contributed by atoms with Crippen molar-refractivity contribution in [3.05, 3.63) is 29.6 Å². The number of hydrogen-bond donors (Lipinski definition) is 0. The molecule has 0 saturated heterocycles. The largest absolute Gasteiger partial charge is 0.312 e. The van der Waals surface area contributed by atoms with Crippen LogP contribution in [0.5, 0.6) is 0 Å². The van der Waals surface area contributed by atoms with Crippen molar-refractivity contribution in [1.29, 1.82) is 5.26 Å². The smallest absolute Gasteiger partial charge is 0.124 e. The van der Waals surface area contributed by atoms with E-state index in [-0.39, 0.29) is 0 Å². The molecule has 0 saturated carbocycles. The summed E-state index contributed by atoms with van der Waals surface area (Å²) in [5.74, 6) is 0.441. The molecule has 3 heteroatoms. The zero-order valence-corrected chi connectivity index (χ0v) is 10.1. The highest BCUT2D eigenvalue weighted by molar-refractivity contribution is 5.46. The van der Waals surface area contributed by atoms with Crippen LogP contribution >= 0.6 is 0 Å². The number of aromatic nitrogens is 1. The number of hydrogen-bond acceptors (Lipinski definition) is 2. The first-order valence-electron chi connectivity index (χ1n) is 5.58. The van der Waals surface area contributed by atoms with Crippen LogP contribution in [0.15, 0.2) is 12.6 Å². The normalized spacial score (nSPS) is 24.9. The highest BCUT2D eigenvalue weighted by atomic mass is 15.2. The van der Waals surface area contributed by atoms with Gasteiger partial charge < -0.3 is 4.57 Å². The van der Waals surface area contributed by atoms with Gasteiger partial charge >= 0.3 is 0 Å². The van der Waals surface area contributed by atoms with Crippen molar-refractivity contribution in [2.45, 2.75) is 25.8 Å². The van der Waals surface area contributed by atoms with Gasteiger partial charge in [-0.25, -0.2) is 0 Å². The fraction of sp³-hybridized carbons (Fsp3) is 0.462. The molecule has 1 aromatic heterocycles. The average molecular weight is 215 g/mol. The van der Waals surface area contributed by atoms with E-state index in [2.05, 4.69) is 38.4 Å². The minimum absolute atomic E-state index is 0.375. The Labute approximate surface area is 96.6 Å². The molecule has 0 bridgehead atoms. The topological polar surface area (TPSA) is 32.0 Å². The van der Waals surface area contributed by atoms with Crippen molar-refractivity contribution in [1.82, 2.24) is 9.47 Å². The Balaban J connectivity index is 2.65. The maximum Gasteiger partial charge on any atom is 0.124 e. The molecule has 2 unspecified atom stereocenters. The summed E-state index contributed by atoms with van der Waals surface area (Å²) in [4.78, 5) is 2.32. The highest BCUT2D eigenvalue weighted by Crippen LogP contribution is 2.36. The van der Waals surface area contributed by atoms with Crippen molar-refractivity contribution >= 4 is 6.20 Å². The first kappa shape index (κ1) is 11.0. The summed E-state index contributed by atoms with van der Waals surface area (Å²) in [6.45, 7) is 9.20. The van der Waals surface area contributed by atoms with Crippen LogP contribution in [-0.2, 0) is 0 Å². The molecule has 0 fully saturated rings. The Morgan fingerprint density at radius 1 is 1.56 bits per heavy atom. The predicted octanol–water partition coefficient (Wildman–Crippen LogP) is 2.57. The van der Waals surface area contributed by atoms with Gasteiger partial charge in [0, 0.05) is 30.4 Å². The molecule has 0 N–H and O–H groups in total. The van der Waals surface area contributed by atoms with E-state index in [4.69, 9.17) is 5.26 Å². The van der Waals surface area contributed by atoms with Gasteiger partial charge in [0.1, 0.15) is 11.8 Å². The van der Waals surface area contributed by atoms with Gasteiger partial charge in [0.05, 0.1) is 0 Å². The van der Waals surface area contributed by atoms with Crippen LogP contribution in [0.3, 0.4) is 0 Å². The summed E-state index contributed by atoms with van der Waals surface area (Å²) in [5.41, 5.74) is 3.20. The quantitative estimate of drug-likeness (QED) is 0.721. The zero-order chi connectivity index (χ0) is 11.9. The van der Waals surface area contributed by atoms with Gasteiger partial charge in [-0.05, 0) is 25.6 Å². The second-order valence-corrected chi connectivity index (χ2v) is 4.55. The SMILES string of the molecule is C=Cn1c(C#N)cc2c1C(C)CN(C)C2C. The lowest BCUT2D eigenvalue weighted by atomic mass is 9.93. The molecule has 2 atom stereocenters. The number of nitrogens with zero attached hydrogens (tertiary/aromatic N) is 3. The number of fused-ring (bicyclic) bond motifs is 1. The first-order valence-corrected chi connectivity index (χ1v) is 5.58. The summed E-state index contributed by atoms with van der Waals surface area (Å²) >= 11 is 0. The molecule has 0 aliphatic carbocycles. The third kappa shape index (κ3) is 1.38. The molecule has 84 valence electrons. The average Bonchev–Trinajstić information content (AvgIpc) is 2.64. The van der Waals surface area contributed by atoms with E-state index >= 15 is 0 Å². The first-order chi connectivity index (χ1) is 7.60. The van der Waals surface area contributed by atoms with Crippen molar-refractivity contribution in [3.8, 4) is 6.07 Å². The Hall–Kier alpha value is -1.53. The van der Waals surface area contributed by atoms with E-state index in [1.807, 2.05) is 10.6 Å². The molecule has 16 heavy (non-hydrogen) atoms. The van der Waals surface area contributed by atoms with Crippen molar-refractivity contribution < 1.29 is 0 Å². The Kier molecular flexibility index (Phi) is 2.61. The van der Waals surface area contributed by atoms with E-state index < -0.39 is 0 Å². The molecular formula is C13H17N3. The van der Waals surface area contributed by atoms with Gasteiger partial charge in [0.2, 0.25) is 0 Å². The second-order valence-electron chi connectivity index (χ2n) is 4.55. The fourth-order valence-corrected chi connectivity index (χ4v) is 2.61. The molecule has 3 nitrogen and oxygen atoms in total. The maximum absolute atomic E-state index is 9.10. The number of rotatable bonds is 1. The molecule has 2 rings (SSSR count). The van der Waals surface area contributed by atoms with E-state index in [1.165, 1.54) is 11.3 Å². The second kappa shape index (κ2) is 3.80. The molecular weight excluding hydrogens is 198 g/mol. The van der Waals surface area contributed by atoms with Crippen molar-refractivity contribution in [3.63, 3.8) is 0 Å². The summed E-state index contributed by atoms with van der Waals surface area (Å²) in [6, 6.07) is 4.60. The summed E-state index contributed by atoms with van der Waals surface area (Å²) in [6.07, 6.45) is 1.74. The third-order valence-corrected chi connectivity index (χ3v) is 3.54. The van der Waals surface area contributed by atoms with Gasteiger partial charge in [0.15, 0.2) is 0 Å². The molecule has 1 aliphatic rings. The van der Waals surface area contributed by atoms with Gasteiger partial charge in [-0.2, -0.15) is 5.26 Å². The van der Waals surface area contributed by atoms with Crippen LogP contribution in [0.1, 0.15) is 42.8 Å². The summed E-state index contributed by atoms with van der Waals surface area (Å²) < 4.78 is 1.93. The van der Waals surface area contributed by atoms with Gasteiger partial charge in [-0.1, -0.05) is 13.5 Å². The van der Waals surface area contributed by atoms with Gasteiger partial charge in [-0.15, -0.1) is 0 Å². The van der Waals surface area contributed by atoms with Crippen molar-refractivity contribution in [2.24, 2.45) is 0 Å². The van der Waals surface area contributed by atoms with E-state index in [1.54, 1.807) is 6.20 Å². The molecule has 2 heterocycles. The maximum atomic E-state index is 9.10. The van der Waals surface area contributed by atoms with Crippen LogP contribution < -0.4 is 0 Å². The lowest BCUT2D eigenvalue weighted by Crippen LogP contribution is -2.32. The summed E-state index contributed by atoms with van der Waals surface area (Å²) in [7, 11) is 2.13. The Bertz CT molecular complexity index is 464. The van der Waals surface area contributed by atoms with Crippen LogP contribution in [0.4, 0.5) is 0 Å². The molecule has 1 aliphatic heterocycles. The molecule has 0 radical (unpaired) electrons. The standard InChI is InChI=1S/C13H17N3/c1-5-16-11(7-14)6-12-10(3)15(4)8-9(2)13(12)16/h5-6,9-10H,1,8H2,2-4H3. The van der Waals surface area contributed by atoms with Crippen LogP contribution in [0.25, 0.3) is 6.20 Å². The predicted molar refractivity (Wildman–Crippen MR) is 65.0 cm³/mol. The number of likely N-dealkylation sites (N-methyl/N-ethyl adjacent to an activating group) is 1. The highest BCUT2D eigenvalue weighted by Gasteiger charge is 2.30.